The first-order valence-electron chi connectivity index (χ1n) is 5.17. The molecule has 0 aliphatic rings. The molecular weight excluding hydrogens is 188 g/mol. The van der Waals surface area contributed by atoms with Gasteiger partial charge in [0, 0.05) is 0 Å². The lowest BCUT2D eigenvalue weighted by Gasteiger charge is -2.17. The first-order chi connectivity index (χ1) is 6.74. The van der Waals surface area contributed by atoms with Crippen LogP contribution in [-0.4, -0.2) is 10.5 Å². The van der Waals surface area contributed by atoms with Crippen molar-refractivity contribution in [2.75, 3.05) is 0 Å². The zero-order valence-corrected chi connectivity index (χ0v) is 10.1. The third kappa shape index (κ3) is 2.25. The van der Waals surface area contributed by atoms with E-state index in [-0.39, 0.29) is 6.10 Å². The summed E-state index contributed by atoms with van der Waals surface area (Å²) in [5, 5.41) is 0. The molecule has 1 aromatic carbocycles. The summed E-state index contributed by atoms with van der Waals surface area (Å²) in [6.07, 6.45) is 2.28. The van der Waals surface area contributed by atoms with Crippen molar-refractivity contribution in [2.45, 2.75) is 39.7 Å². The molecule has 1 rings (SSSR count). The average Bonchev–Trinajstić information content (AvgIpc) is 2.26. The van der Waals surface area contributed by atoms with Crippen LogP contribution in [0.1, 0.15) is 43.6 Å². The van der Waals surface area contributed by atoms with Crippen LogP contribution in [0.15, 0.2) is 18.2 Å². The van der Waals surface area contributed by atoms with Gasteiger partial charge in [-0.25, -0.2) is 0 Å². The van der Waals surface area contributed by atoms with Crippen molar-refractivity contribution in [3.05, 3.63) is 34.9 Å². The second-order valence-corrected chi connectivity index (χ2v) is 3.69. The molecule has 1 aromatic rings. The van der Waals surface area contributed by atoms with E-state index in [9.17, 15) is 0 Å². The van der Waals surface area contributed by atoms with Crippen LogP contribution in [0.5, 0.6) is 0 Å². The van der Waals surface area contributed by atoms with Gasteiger partial charge in [-0.1, -0.05) is 32.0 Å². The lowest BCUT2D eigenvalue weighted by Crippen LogP contribution is -2.04. The molecule has 0 saturated carbocycles. The Hall–Kier alpha value is -0.603. The lowest BCUT2D eigenvalue weighted by molar-refractivity contribution is 0.249. The fraction of sp³-hybridized carbons (Fsp3) is 0.500. The largest absolute Gasteiger partial charge is 0.412 e. The van der Waals surface area contributed by atoms with Gasteiger partial charge in [-0.15, -0.1) is 0 Å². The van der Waals surface area contributed by atoms with Gasteiger partial charge in [0.2, 0.25) is 10.5 Å². The highest BCUT2D eigenvalue weighted by Crippen LogP contribution is 2.24. The normalized spacial score (nSPS) is 12.9. The third-order valence-corrected chi connectivity index (χ3v) is 3.01. The van der Waals surface area contributed by atoms with E-state index in [2.05, 4.69) is 49.5 Å². The summed E-state index contributed by atoms with van der Waals surface area (Å²) in [7, 11) is 3.11. The molecule has 0 heterocycles. The van der Waals surface area contributed by atoms with E-state index in [0.717, 1.165) is 12.8 Å². The minimum Gasteiger partial charge on any atom is -0.412 e. The maximum atomic E-state index is 5.18. The summed E-state index contributed by atoms with van der Waals surface area (Å²) < 4.78 is 5.18. The molecule has 0 bridgehead atoms. The first-order valence-corrected chi connectivity index (χ1v) is 5.58. The Bertz CT molecular complexity index is 296. The summed E-state index contributed by atoms with van der Waals surface area (Å²) in [6, 6.07) is 6.45. The summed E-state index contributed by atoms with van der Waals surface area (Å²) in [5.41, 5.74) is 4.16. The predicted octanol–water partition coefficient (Wildman–Crippen LogP) is 2.97. The quantitative estimate of drug-likeness (QED) is 0.687. The maximum Gasteiger partial charge on any atom is 0.247 e. The fourth-order valence-corrected chi connectivity index (χ4v) is 1.99. The number of benzene rings is 1. The molecule has 1 atom stereocenters. The Balaban J connectivity index is 3.14. The van der Waals surface area contributed by atoms with Crippen molar-refractivity contribution in [2.24, 2.45) is 0 Å². The number of aryl methyl sites for hydroxylation is 1. The van der Waals surface area contributed by atoms with Crippen molar-refractivity contribution in [1.29, 1.82) is 0 Å². The zero-order valence-electron chi connectivity index (χ0n) is 9.13. The number of hydrogen-bond donors (Lipinski definition) is 0. The molecule has 14 heavy (non-hydrogen) atoms. The number of hydrogen-bond acceptors (Lipinski definition) is 1. The van der Waals surface area contributed by atoms with Crippen molar-refractivity contribution < 1.29 is 4.43 Å². The highest BCUT2D eigenvalue weighted by molar-refractivity contribution is 5.98. The smallest absolute Gasteiger partial charge is 0.247 e. The van der Waals surface area contributed by atoms with Crippen molar-refractivity contribution in [3.63, 3.8) is 0 Å². The van der Waals surface area contributed by atoms with Gasteiger partial charge in [-0.05, 0) is 36.5 Å². The fourth-order valence-electron chi connectivity index (χ4n) is 1.86. The van der Waals surface area contributed by atoms with E-state index >= 15 is 0 Å². The van der Waals surface area contributed by atoms with Gasteiger partial charge in [0.25, 0.3) is 0 Å². The van der Waals surface area contributed by atoms with Crippen LogP contribution in [0.2, 0.25) is 0 Å². The summed E-state index contributed by atoms with van der Waals surface area (Å²) in [4.78, 5) is 0. The second kappa shape index (κ2) is 5.32. The molecule has 0 fully saturated rings. The standard InChI is InChI=1S/C12H17OSi/c1-4-10-7-6-8-12(9(3)13-14)11(10)5-2/h6-9H,4-5H2,1-3H3. The molecule has 0 saturated heterocycles. The molecule has 0 aliphatic carbocycles. The molecule has 0 N–H and O–H groups in total. The van der Waals surface area contributed by atoms with E-state index in [1.54, 1.807) is 0 Å². The summed E-state index contributed by atoms with van der Waals surface area (Å²) in [6.45, 7) is 6.44. The van der Waals surface area contributed by atoms with E-state index in [0.29, 0.717) is 0 Å². The van der Waals surface area contributed by atoms with E-state index in [4.69, 9.17) is 4.43 Å². The SMILES string of the molecule is CCc1cccc(C(C)O[Si])c1CC. The van der Waals surface area contributed by atoms with E-state index < -0.39 is 0 Å². The monoisotopic (exact) mass is 205 g/mol. The van der Waals surface area contributed by atoms with Crippen LogP contribution in [0.3, 0.4) is 0 Å². The van der Waals surface area contributed by atoms with Gasteiger partial charge in [-0.2, -0.15) is 0 Å². The highest BCUT2D eigenvalue weighted by Gasteiger charge is 2.10. The van der Waals surface area contributed by atoms with Crippen LogP contribution >= 0.6 is 0 Å². The van der Waals surface area contributed by atoms with Gasteiger partial charge in [0.05, 0.1) is 6.10 Å². The van der Waals surface area contributed by atoms with Gasteiger partial charge >= 0.3 is 0 Å². The molecule has 0 spiro atoms. The first kappa shape index (κ1) is 11.5. The van der Waals surface area contributed by atoms with Crippen LogP contribution in [0.4, 0.5) is 0 Å². The molecule has 0 aliphatic heterocycles. The van der Waals surface area contributed by atoms with Crippen molar-refractivity contribution in [3.8, 4) is 0 Å². The molecule has 1 unspecified atom stereocenters. The zero-order chi connectivity index (χ0) is 10.6. The molecule has 2 heteroatoms. The molecule has 75 valence electrons. The maximum absolute atomic E-state index is 5.18. The number of rotatable bonds is 4. The van der Waals surface area contributed by atoms with Gasteiger partial charge in [0.1, 0.15) is 0 Å². The summed E-state index contributed by atoms with van der Waals surface area (Å²) in [5.74, 6) is 0. The van der Waals surface area contributed by atoms with Crippen LogP contribution in [0, 0.1) is 0 Å². The van der Waals surface area contributed by atoms with Crippen molar-refractivity contribution in [1.82, 2.24) is 0 Å². The van der Waals surface area contributed by atoms with Gasteiger partial charge < -0.3 is 4.43 Å². The highest BCUT2D eigenvalue weighted by atomic mass is 28.2. The average molecular weight is 205 g/mol. The molecule has 3 radical (unpaired) electrons. The van der Waals surface area contributed by atoms with Crippen LogP contribution < -0.4 is 0 Å². The van der Waals surface area contributed by atoms with E-state index in [1.165, 1.54) is 16.7 Å². The Labute approximate surface area is 90.0 Å². The topological polar surface area (TPSA) is 9.23 Å². The lowest BCUT2D eigenvalue weighted by atomic mass is 9.95. The Morgan fingerprint density at radius 1 is 1.29 bits per heavy atom. The van der Waals surface area contributed by atoms with Gasteiger partial charge in [-0.3, -0.25) is 0 Å². The predicted molar refractivity (Wildman–Crippen MR) is 60.5 cm³/mol. The minimum atomic E-state index is 0.119. The van der Waals surface area contributed by atoms with Crippen LogP contribution in [0.25, 0.3) is 0 Å². The molecule has 0 amide bonds. The molecule has 0 aromatic heterocycles. The van der Waals surface area contributed by atoms with Gasteiger partial charge in [0.15, 0.2) is 0 Å². The second-order valence-electron chi connectivity index (χ2n) is 3.45. The van der Waals surface area contributed by atoms with Crippen LogP contribution in [-0.2, 0) is 17.3 Å². The summed E-state index contributed by atoms with van der Waals surface area (Å²) >= 11 is 0. The third-order valence-electron chi connectivity index (χ3n) is 2.66. The Morgan fingerprint density at radius 3 is 2.50 bits per heavy atom. The Morgan fingerprint density at radius 2 is 2.00 bits per heavy atom. The molecular formula is C12H17OSi. The van der Waals surface area contributed by atoms with E-state index in [1.807, 2.05) is 0 Å². The Kier molecular flexibility index (Phi) is 4.36. The minimum absolute atomic E-state index is 0.119. The van der Waals surface area contributed by atoms with Crippen molar-refractivity contribution >= 4 is 10.5 Å². The molecule has 1 nitrogen and oxygen atoms in total.